The summed E-state index contributed by atoms with van der Waals surface area (Å²) in [4.78, 5) is 28.0. The highest BCUT2D eigenvalue weighted by atomic mass is 16.6. The minimum atomic E-state index is -0.174. The predicted molar refractivity (Wildman–Crippen MR) is 105 cm³/mol. The van der Waals surface area contributed by atoms with E-state index in [0.29, 0.717) is 29.9 Å². The maximum atomic E-state index is 12.2. The molecule has 2 aromatic rings. The van der Waals surface area contributed by atoms with Gasteiger partial charge in [0.1, 0.15) is 11.5 Å². The van der Waals surface area contributed by atoms with Gasteiger partial charge in [0.05, 0.1) is 14.2 Å². The Balaban J connectivity index is 0.00000122. The molecule has 0 atom stereocenters. The first-order valence-electron chi connectivity index (χ1n) is 8.85. The molecule has 0 aliphatic heterocycles. The zero-order valence-corrected chi connectivity index (χ0v) is 16.4. The van der Waals surface area contributed by atoms with E-state index in [1.807, 2.05) is 12.1 Å². The second-order valence-corrected chi connectivity index (χ2v) is 5.63. The van der Waals surface area contributed by atoms with Crippen LogP contribution in [0.2, 0.25) is 0 Å². The number of carbonyl (C=O) groups excluding carboxylic acids is 2. The number of hydroxylamine groups is 1. The van der Waals surface area contributed by atoms with E-state index in [4.69, 9.17) is 14.6 Å². The van der Waals surface area contributed by atoms with Crippen LogP contribution in [0.25, 0.3) is 0 Å². The lowest BCUT2D eigenvalue weighted by Gasteiger charge is -2.08. The molecule has 28 heavy (non-hydrogen) atoms. The summed E-state index contributed by atoms with van der Waals surface area (Å²) in [6.07, 6.45) is 0.931. The zero-order chi connectivity index (χ0) is 20.8. The monoisotopic (exact) mass is 389 g/mol. The SMILES string of the molecule is CCO.CONC(=O)CCc1ccc(OCC(=O)c2cccc(OC)c2)cc1. The molecule has 0 unspecified atom stereocenters. The summed E-state index contributed by atoms with van der Waals surface area (Å²) in [6, 6.07) is 14.2. The van der Waals surface area contributed by atoms with Gasteiger partial charge < -0.3 is 14.6 Å². The van der Waals surface area contributed by atoms with Crippen LogP contribution in [0, 0.1) is 0 Å². The molecular formula is C21H27NO6. The average molecular weight is 389 g/mol. The molecule has 7 nitrogen and oxygen atoms in total. The lowest BCUT2D eigenvalue weighted by molar-refractivity contribution is -0.131. The smallest absolute Gasteiger partial charge is 0.243 e. The lowest BCUT2D eigenvalue weighted by atomic mass is 10.1. The number of aliphatic hydroxyl groups excluding tert-OH is 1. The quantitative estimate of drug-likeness (QED) is 0.506. The van der Waals surface area contributed by atoms with E-state index < -0.39 is 0 Å². The van der Waals surface area contributed by atoms with Crippen molar-refractivity contribution in [3.8, 4) is 11.5 Å². The molecule has 0 fully saturated rings. The number of hydrogen-bond donors (Lipinski definition) is 2. The fourth-order valence-corrected chi connectivity index (χ4v) is 2.20. The summed E-state index contributed by atoms with van der Waals surface area (Å²) in [6.45, 7) is 1.88. The lowest BCUT2D eigenvalue weighted by Crippen LogP contribution is -2.21. The number of methoxy groups -OCH3 is 1. The Morgan fingerprint density at radius 1 is 1.04 bits per heavy atom. The van der Waals surface area contributed by atoms with Crippen molar-refractivity contribution in [1.82, 2.24) is 5.48 Å². The van der Waals surface area contributed by atoms with E-state index in [2.05, 4.69) is 10.3 Å². The van der Waals surface area contributed by atoms with Crippen molar-refractivity contribution in [1.29, 1.82) is 0 Å². The highest BCUT2D eigenvalue weighted by molar-refractivity contribution is 5.97. The van der Waals surface area contributed by atoms with Crippen LogP contribution < -0.4 is 15.0 Å². The molecule has 0 saturated heterocycles. The molecule has 0 radical (unpaired) electrons. The Kier molecular flexibility index (Phi) is 11.0. The van der Waals surface area contributed by atoms with Crippen LogP contribution >= 0.6 is 0 Å². The van der Waals surface area contributed by atoms with E-state index in [-0.39, 0.29) is 24.9 Å². The van der Waals surface area contributed by atoms with Gasteiger partial charge >= 0.3 is 0 Å². The Morgan fingerprint density at radius 3 is 2.32 bits per heavy atom. The molecule has 0 aromatic heterocycles. The van der Waals surface area contributed by atoms with Gasteiger partial charge in [0.15, 0.2) is 12.4 Å². The largest absolute Gasteiger partial charge is 0.497 e. The van der Waals surface area contributed by atoms with Gasteiger partial charge in [-0.1, -0.05) is 24.3 Å². The molecule has 2 N–H and O–H groups in total. The Morgan fingerprint density at radius 2 is 1.71 bits per heavy atom. The highest BCUT2D eigenvalue weighted by Crippen LogP contribution is 2.16. The van der Waals surface area contributed by atoms with Crippen molar-refractivity contribution >= 4 is 11.7 Å². The van der Waals surface area contributed by atoms with Crippen LogP contribution in [0.1, 0.15) is 29.3 Å². The third-order valence-electron chi connectivity index (χ3n) is 3.54. The molecule has 2 aromatic carbocycles. The maximum Gasteiger partial charge on any atom is 0.243 e. The molecule has 0 heterocycles. The van der Waals surface area contributed by atoms with Crippen LogP contribution in [0.4, 0.5) is 0 Å². The number of carbonyl (C=O) groups is 2. The number of hydrogen-bond acceptors (Lipinski definition) is 6. The Labute approximate surface area is 165 Å². The number of aryl methyl sites for hydroxylation is 1. The van der Waals surface area contributed by atoms with Gasteiger partial charge in [-0.2, -0.15) is 0 Å². The summed E-state index contributed by atoms with van der Waals surface area (Å²) < 4.78 is 10.6. The first-order valence-corrected chi connectivity index (χ1v) is 8.85. The highest BCUT2D eigenvalue weighted by Gasteiger charge is 2.08. The van der Waals surface area contributed by atoms with Crippen molar-refractivity contribution in [2.24, 2.45) is 0 Å². The van der Waals surface area contributed by atoms with Crippen molar-refractivity contribution in [3.05, 3.63) is 59.7 Å². The van der Waals surface area contributed by atoms with Gasteiger partial charge in [0.25, 0.3) is 0 Å². The average Bonchev–Trinajstić information content (AvgIpc) is 2.72. The number of ether oxygens (including phenoxy) is 2. The second-order valence-electron chi connectivity index (χ2n) is 5.63. The van der Waals surface area contributed by atoms with Gasteiger partial charge in [-0.25, -0.2) is 5.48 Å². The molecule has 7 heteroatoms. The third-order valence-corrected chi connectivity index (χ3v) is 3.54. The summed E-state index contributed by atoms with van der Waals surface area (Å²) in [7, 11) is 2.96. The normalized spacial score (nSPS) is 9.71. The van der Waals surface area contributed by atoms with Crippen molar-refractivity contribution in [2.75, 3.05) is 27.4 Å². The molecule has 152 valence electrons. The third kappa shape index (κ3) is 8.66. The summed E-state index contributed by atoms with van der Waals surface area (Å²) >= 11 is 0. The molecule has 0 spiro atoms. The number of benzene rings is 2. The molecule has 2 rings (SSSR count). The van der Waals surface area contributed by atoms with E-state index in [1.54, 1.807) is 50.4 Å². The first kappa shape index (κ1) is 23.1. The standard InChI is InChI=1S/C19H21NO5.C2H6O/c1-23-17-5-3-4-15(12-17)18(21)13-25-16-9-6-14(7-10-16)8-11-19(22)20-24-2;1-2-3/h3-7,9-10,12H,8,11,13H2,1-2H3,(H,20,22);3H,2H2,1H3. The van der Waals surface area contributed by atoms with E-state index >= 15 is 0 Å². The van der Waals surface area contributed by atoms with Crippen molar-refractivity contribution in [3.63, 3.8) is 0 Å². The van der Waals surface area contributed by atoms with E-state index in [9.17, 15) is 9.59 Å². The van der Waals surface area contributed by atoms with Crippen LogP contribution in [-0.4, -0.2) is 44.2 Å². The fraction of sp³-hybridized carbons (Fsp3) is 0.333. The number of nitrogens with one attached hydrogen (secondary N) is 1. The Hall–Kier alpha value is -2.90. The van der Waals surface area contributed by atoms with Gasteiger partial charge in [0, 0.05) is 18.6 Å². The van der Waals surface area contributed by atoms with Gasteiger partial charge in [-0.15, -0.1) is 0 Å². The first-order chi connectivity index (χ1) is 13.5. The maximum absolute atomic E-state index is 12.2. The molecule has 0 aliphatic carbocycles. The van der Waals surface area contributed by atoms with Crippen LogP contribution in [0.5, 0.6) is 11.5 Å². The number of Topliss-reactive ketones (excluding diaryl/α,β-unsaturated/α-hetero) is 1. The number of aliphatic hydroxyl groups is 1. The van der Waals surface area contributed by atoms with Gasteiger partial charge in [-0.3, -0.25) is 14.4 Å². The number of amides is 1. The van der Waals surface area contributed by atoms with Crippen LogP contribution in [0.15, 0.2) is 48.5 Å². The van der Waals surface area contributed by atoms with Gasteiger partial charge in [-0.05, 0) is 43.2 Å². The van der Waals surface area contributed by atoms with E-state index in [1.165, 1.54) is 7.11 Å². The summed E-state index contributed by atoms with van der Waals surface area (Å²) in [5, 5.41) is 7.57. The predicted octanol–water partition coefficient (Wildman–Crippen LogP) is 2.57. The minimum absolute atomic E-state index is 0.0528. The number of ketones is 1. The summed E-state index contributed by atoms with van der Waals surface area (Å²) in [5.41, 5.74) is 3.81. The summed E-state index contributed by atoms with van der Waals surface area (Å²) in [5.74, 6) is 0.931. The van der Waals surface area contributed by atoms with Crippen molar-refractivity contribution < 1.29 is 29.0 Å². The molecule has 0 bridgehead atoms. The number of rotatable bonds is 9. The molecule has 0 aliphatic rings. The molecule has 1 amide bonds. The second kappa shape index (κ2) is 13.3. The fourth-order valence-electron chi connectivity index (χ4n) is 2.20. The van der Waals surface area contributed by atoms with E-state index in [0.717, 1.165) is 5.56 Å². The Bertz CT molecular complexity index is 730. The molecule has 0 saturated carbocycles. The topological polar surface area (TPSA) is 94.1 Å². The van der Waals surface area contributed by atoms with Crippen LogP contribution in [0.3, 0.4) is 0 Å². The molecular weight excluding hydrogens is 362 g/mol. The minimum Gasteiger partial charge on any atom is -0.497 e. The van der Waals surface area contributed by atoms with Crippen molar-refractivity contribution in [2.45, 2.75) is 19.8 Å². The van der Waals surface area contributed by atoms with Crippen LogP contribution in [-0.2, 0) is 16.1 Å². The van der Waals surface area contributed by atoms with Gasteiger partial charge in [0.2, 0.25) is 5.91 Å². The zero-order valence-electron chi connectivity index (χ0n) is 16.4.